The van der Waals surface area contributed by atoms with Gasteiger partial charge >= 0.3 is 6.18 Å². The molecule has 1 aromatic rings. The number of nitrogens with zero attached hydrogens (tertiary/aromatic N) is 1. The monoisotopic (exact) mass is 312 g/mol. The van der Waals surface area contributed by atoms with Crippen molar-refractivity contribution in [2.45, 2.75) is 19.5 Å². The first kappa shape index (κ1) is 16.5. The molecule has 6 heteroatoms. The van der Waals surface area contributed by atoms with Gasteiger partial charge in [-0.05, 0) is 49.1 Å². The minimum atomic E-state index is -4.35. The van der Waals surface area contributed by atoms with Gasteiger partial charge in [-0.25, -0.2) is 0 Å². The Morgan fingerprint density at radius 1 is 1.36 bits per heavy atom. The smallest absolute Gasteiger partial charge is 0.339 e. The van der Waals surface area contributed by atoms with E-state index in [1.54, 1.807) is 11.8 Å². The number of rotatable bonds is 3. The van der Waals surface area contributed by atoms with Crippen molar-refractivity contribution in [2.24, 2.45) is 11.7 Å². The Labute approximate surface area is 127 Å². The van der Waals surface area contributed by atoms with Gasteiger partial charge in [0.2, 0.25) is 5.91 Å². The zero-order valence-corrected chi connectivity index (χ0v) is 12.4. The largest absolute Gasteiger partial charge is 0.416 e. The van der Waals surface area contributed by atoms with Gasteiger partial charge in [0.25, 0.3) is 0 Å². The highest BCUT2D eigenvalue weighted by atomic mass is 19.4. The number of alkyl halides is 3. The van der Waals surface area contributed by atoms with Crippen molar-refractivity contribution in [2.75, 3.05) is 19.6 Å². The molecule has 0 radical (unpaired) electrons. The number of hydrogen-bond donors (Lipinski definition) is 1. The van der Waals surface area contributed by atoms with Gasteiger partial charge in [-0.15, -0.1) is 0 Å². The summed E-state index contributed by atoms with van der Waals surface area (Å²) in [6.45, 7) is 3.60. The predicted molar refractivity (Wildman–Crippen MR) is 78.8 cm³/mol. The van der Waals surface area contributed by atoms with Crippen LogP contribution in [0.3, 0.4) is 0 Å². The molecule has 0 spiro atoms. The second-order valence-corrected chi connectivity index (χ2v) is 5.58. The zero-order chi connectivity index (χ0) is 16.3. The van der Waals surface area contributed by atoms with Gasteiger partial charge in [-0.3, -0.25) is 4.79 Å². The molecule has 1 unspecified atom stereocenters. The van der Waals surface area contributed by atoms with Gasteiger partial charge in [0.1, 0.15) is 0 Å². The number of benzene rings is 1. The van der Waals surface area contributed by atoms with Gasteiger partial charge in [-0.2, -0.15) is 13.2 Å². The molecule has 2 rings (SSSR count). The second kappa shape index (κ2) is 6.52. The van der Waals surface area contributed by atoms with E-state index in [-0.39, 0.29) is 5.91 Å². The molecule has 0 aromatic heterocycles. The third-order valence-electron chi connectivity index (χ3n) is 3.94. The summed E-state index contributed by atoms with van der Waals surface area (Å²) in [5.41, 5.74) is 6.15. The summed E-state index contributed by atoms with van der Waals surface area (Å²) in [7, 11) is 0. The van der Waals surface area contributed by atoms with Crippen molar-refractivity contribution < 1.29 is 18.0 Å². The molecule has 1 amide bonds. The van der Waals surface area contributed by atoms with Crippen LogP contribution in [0.2, 0.25) is 0 Å². The van der Waals surface area contributed by atoms with E-state index in [1.807, 2.05) is 0 Å². The molecule has 1 aliphatic rings. The number of amides is 1. The number of halogens is 3. The lowest BCUT2D eigenvalue weighted by molar-refractivity contribution is -0.137. The summed E-state index contributed by atoms with van der Waals surface area (Å²) < 4.78 is 37.6. The molecule has 0 bridgehead atoms. The topological polar surface area (TPSA) is 46.3 Å². The van der Waals surface area contributed by atoms with Crippen molar-refractivity contribution in [1.29, 1.82) is 0 Å². The molecule has 1 saturated heterocycles. The van der Waals surface area contributed by atoms with Crippen LogP contribution in [0.25, 0.3) is 5.57 Å². The number of hydrogen-bond acceptors (Lipinski definition) is 2. The van der Waals surface area contributed by atoms with E-state index in [9.17, 15) is 18.0 Å². The molecular weight excluding hydrogens is 293 g/mol. The fourth-order valence-electron chi connectivity index (χ4n) is 2.51. The first-order chi connectivity index (χ1) is 10.3. The molecule has 3 nitrogen and oxygen atoms in total. The van der Waals surface area contributed by atoms with E-state index in [1.165, 1.54) is 18.2 Å². The normalized spacial score (nSPS) is 19.6. The third kappa shape index (κ3) is 3.88. The Hall–Kier alpha value is -1.82. The fraction of sp³-hybridized carbons (Fsp3) is 0.438. The number of allylic oxidation sites excluding steroid dienone is 1. The Bertz CT molecular complexity index is 564. The van der Waals surface area contributed by atoms with Crippen molar-refractivity contribution >= 4 is 11.5 Å². The van der Waals surface area contributed by atoms with E-state index < -0.39 is 11.7 Å². The summed E-state index contributed by atoms with van der Waals surface area (Å²) in [6, 6.07) is 4.82. The average Bonchev–Trinajstić information content (AvgIpc) is 2.95. The second-order valence-electron chi connectivity index (χ2n) is 5.58. The molecule has 1 atom stereocenters. The van der Waals surface area contributed by atoms with Gasteiger partial charge in [0, 0.05) is 19.2 Å². The first-order valence-electron chi connectivity index (χ1n) is 7.16. The standard InChI is InChI=1S/C16H19F3N2O/c1-11(8-15(22)21-7-6-12(9-20)10-21)13-2-4-14(5-3-13)16(17,18)19/h2-5,8,12H,6-7,9-10,20H2,1H3. The number of carbonyl (C=O) groups is 1. The highest BCUT2D eigenvalue weighted by Crippen LogP contribution is 2.30. The van der Waals surface area contributed by atoms with E-state index in [0.717, 1.165) is 18.6 Å². The van der Waals surface area contributed by atoms with Gasteiger partial charge < -0.3 is 10.6 Å². The number of nitrogens with two attached hydrogens (primary N) is 1. The van der Waals surface area contributed by atoms with Crippen LogP contribution in [0.1, 0.15) is 24.5 Å². The molecule has 22 heavy (non-hydrogen) atoms. The van der Waals surface area contributed by atoms with Crippen LogP contribution in [0.4, 0.5) is 13.2 Å². The Morgan fingerprint density at radius 3 is 2.50 bits per heavy atom. The maximum atomic E-state index is 12.5. The first-order valence-corrected chi connectivity index (χ1v) is 7.16. The van der Waals surface area contributed by atoms with Crippen molar-refractivity contribution in [3.8, 4) is 0 Å². The van der Waals surface area contributed by atoms with Crippen LogP contribution in [0.5, 0.6) is 0 Å². The average molecular weight is 312 g/mol. The Kier molecular flexibility index (Phi) is 4.90. The van der Waals surface area contributed by atoms with Crippen LogP contribution in [0, 0.1) is 5.92 Å². The van der Waals surface area contributed by atoms with E-state index in [0.29, 0.717) is 36.7 Å². The maximum Gasteiger partial charge on any atom is 0.416 e. The highest BCUT2D eigenvalue weighted by molar-refractivity contribution is 5.95. The van der Waals surface area contributed by atoms with Crippen molar-refractivity contribution in [3.63, 3.8) is 0 Å². The summed E-state index contributed by atoms with van der Waals surface area (Å²) in [5.74, 6) is 0.220. The van der Waals surface area contributed by atoms with Crippen LogP contribution in [-0.2, 0) is 11.0 Å². The molecule has 120 valence electrons. The summed E-state index contributed by atoms with van der Waals surface area (Å²) in [6.07, 6.45) is -1.98. The molecular formula is C16H19F3N2O. The number of carbonyl (C=O) groups excluding carboxylic acids is 1. The van der Waals surface area contributed by atoms with Gasteiger partial charge in [0.05, 0.1) is 5.56 Å². The van der Waals surface area contributed by atoms with Gasteiger partial charge in [-0.1, -0.05) is 12.1 Å². The number of likely N-dealkylation sites (tertiary alicyclic amines) is 1. The van der Waals surface area contributed by atoms with Crippen molar-refractivity contribution in [3.05, 3.63) is 41.5 Å². The van der Waals surface area contributed by atoms with Crippen molar-refractivity contribution in [1.82, 2.24) is 4.90 Å². The van der Waals surface area contributed by atoms with Gasteiger partial charge in [0.15, 0.2) is 0 Å². The molecule has 1 fully saturated rings. The minimum Gasteiger partial charge on any atom is -0.339 e. The zero-order valence-electron chi connectivity index (χ0n) is 12.4. The van der Waals surface area contributed by atoms with Crippen LogP contribution < -0.4 is 5.73 Å². The summed E-state index contributed by atoms with van der Waals surface area (Å²) in [4.78, 5) is 13.9. The molecule has 1 heterocycles. The third-order valence-corrected chi connectivity index (χ3v) is 3.94. The molecule has 0 aliphatic carbocycles. The molecule has 1 aromatic carbocycles. The Balaban J connectivity index is 2.07. The lowest BCUT2D eigenvalue weighted by atomic mass is 10.0. The quantitative estimate of drug-likeness (QED) is 0.872. The minimum absolute atomic E-state index is 0.117. The van der Waals surface area contributed by atoms with Crippen LogP contribution in [0.15, 0.2) is 30.3 Å². The lowest BCUT2D eigenvalue weighted by Crippen LogP contribution is -2.28. The fourth-order valence-corrected chi connectivity index (χ4v) is 2.51. The van der Waals surface area contributed by atoms with E-state index in [4.69, 9.17) is 5.73 Å². The van der Waals surface area contributed by atoms with Crippen LogP contribution >= 0.6 is 0 Å². The predicted octanol–water partition coefficient (Wildman–Crippen LogP) is 2.92. The van der Waals surface area contributed by atoms with E-state index in [2.05, 4.69) is 0 Å². The SMILES string of the molecule is CC(=CC(=O)N1CCC(CN)C1)c1ccc(C(F)(F)F)cc1. The summed E-state index contributed by atoms with van der Waals surface area (Å²) in [5, 5.41) is 0. The summed E-state index contributed by atoms with van der Waals surface area (Å²) >= 11 is 0. The van der Waals surface area contributed by atoms with Crippen LogP contribution in [-0.4, -0.2) is 30.4 Å². The highest BCUT2D eigenvalue weighted by Gasteiger charge is 2.30. The molecule has 1 aliphatic heterocycles. The lowest BCUT2D eigenvalue weighted by Gasteiger charge is -2.14. The van der Waals surface area contributed by atoms with E-state index >= 15 is 0 Å². The molecule has 2 N–H and O–H groups in total. The maximum absolute atomic E-state index is 12.5. The molecule has 0 saturated carbocycles. The Morgan fingerprint density at radius 2 is 2.00 bits per heavy atom.